The largest absolute Gasteiger partial charge is 0.495 e. The van der Waals surface area contributed by atoms with Gasteiger partial charge < -0.3 is 19.7 Å². The molecule has 3 aliphatic rings. The number of anilines is 1. The molecule has 0 aromatic heterocycles. The summed E-state index contributed by atoms with van der Waals surface area (Å²) in [4.78, 5) is 29.7. The smallest absolute Gasteiger partial charge is 0.246 e. The van der Waals surface area contributed by atoms with Gasteiger partial charge in [-0.2, -0.15) is 0 Å². The molecule has 2 bridgehead atoms. The van der Waals surface area contributed by atoms with E-state index in [0.29, 0.717) is 54.9 Å². The Kier molecular flexibility index (Phi) is 7.27. The fourth-order valence-corrected chi connectivity index (χ4v) is 5.03. The predicted octanol–water partition coefficient (Wildman–Crippen LogP) is 3.96. The summed E-state index contributed by atoms with van der Waals surface area (Å²) in [6.07, 6.45) is 5.00. The molecule has 5 rings (SSSR count). The Bertz CT molecular complexity index is 1150. The topological polar surface area (TPSA) is 71.1 Å². The van der Waals surface area contributed by atoms with Gasteiger partial charge in [-0.3, -0.25) is 14.5 Å². The monoisotopic (exact) mass is 513 g/mol. The number of nitrogens with one attached hydrogen (secondary N) is 1. The van der Waals surface area contributed by atoms with Gasteiger partial charge in [0, 0.05) is 42.9 Å². The van der Waals surface area contributed by atoms with E-state index in [4.69, 9.17) is 21.1 Å². The highest BCUT2D eigenvalue weighted by Gasteiger charge is 2.39. The molecule has 2 unspecified atom stereocenters. The highest BCUT2D eigenvalue weighted by Crippen LogP contribution is 2.35. The molecule has 2 aromatic rings. The van der Waals surface area contributed by atoms with Gasteiger partial charge in [-0.15, -0.1) is 0 Å². The first-order valence-electron chi connectivity index (χ1n) is 12.1. The standard InChI is InChI=1S/C27H29ClFN3O4/c1-35-25-10-19(24(11-23(25)28)30-27(34)18-4-5-18)6-9-26(33)31-13-21-15-36-16-22(14-31)32(21)12-17-2-7-20(29)8-3-17/h2-3,6-11,18,21-22H,4-5,12-16H2,1H3,(H,30,34)/b9-6+. The third kappa shape index (κ3) is 5.56. The van der Waals surface area contributed by atoms with Crippen molar-refractivity contribution < 1.29 is 23.5 Å². The van der Waals surface area contributed by atoms with Crippen molar-refractivity contribution in [1.29, 1.82) is 0 Å². The molecule has 2 aromatic carbocycles. The van der Waals surface area contributed by atoms with Crippen molar-refractivity contribution in [2.75, 3.05) is 38.7 Å². The van der Waals surface area contributed by atoms with E-state index in [-0.39, 0.29) is 35.6 Å². The Morgan fingerprint density at radius 1 is 1.17 bits per heavy atom. The zero-order valence-electron chi connectivity index (χ0n) is 20.1. The second-order valence-corrected chi connectivity index (χ2v) is 9.97. The number of benzene rings is 2. The van der Waals surface area contributed by atoms with E-state index in [1.54, 1.807) is 30.3 Å². The first-order chi connectivity index (χ1) is 17.4. The summed E-state index contributed by atoms with van der Waals surface area (Å²) in [5.41, 5.74) is 2.23. The van der Waals surface area contributed by atoms with Crippen molar-refractivity contribution in [2.45, 2.75) is 31.5 Å². The van der Waals surface area contributed by atoms with Gasteiger partial charge in [0.15, 0.2) is 0 Å². The molecular formula is C27H29ClFN3O4. The van der Waals surface area contributed by atoms with Crippen molar-refractivity contribution in [1.82, 2.24) is 9.80 Å². The van der Waals surface area contributed by atoms with Crippen molar-refractivity contribution in [3.05, 3.63) is 64.4 Å². The minimum absolute atomic E-state index is 0.0390. The van der Waals surface area contributed by atoms with E-state index in [0.717, 1.165) is 18.4 Å². The molecule has 2 atom stereocenters. The van der Waals surface area contributed by atoms with Crippen LogP contribution in [0.25, 0.3) is 6.08 Å². The summed E-state index contributed by atoms with van der Waals surface area (Å²) in [5, 5.41) is 3.32. The lowest BCUT2D eigenvalue weighted by molar-refractivity contribution is -0.141. The van der Waals surface area contributed by atoms with Gasteiger partial charge in [0.05, 0.1) is 37.4 Å². The second kappa shape index (κ2) is 10.6. The molecule has 2 heterocycles. The number of ether oxygens (including phenoxy) is 2. The predicted molar refractivity (Wildman–Crippen MR) is 135 cm³/mol. The first kappa shape index (κ1) is 24.7. The van der Waals surface area contributed by atoms with Crippen LogP contribution in [-0.2, 0) is 20.9 Å². The summed E-state index contributed by atoms with van der Waals surface area (Å²) in [7, 11) is 1.52. The Hall–Kier alpha value is -2.94. The molecule has 1 aliphatic carbocycles. The third-order valence-corrected chi connectivity index (χ3v) is 7.24. The van der Waals surface area contributed by atoms with E-state index in [2.05, 4.69) is 10.2 Å². The van der Waals surface area contributed by atoms with E-state index in [9.17, 15) is 14.0 Å². The fraction of sp³-hybridized carbons (Fsp3) is 0.407. The second-order valence-electron chi connectivity index (χ2n) is 9.56. The molecule has 190 valence electrons. The fourth-order valence-electron chi connectivity index (χ4n) is 4.79. The Morgan fingerprint density at radius 2 is 1.86 bits per heavy atom. The van der Waals surface area contributed by atoms with Gasteiger partial charge in [-0.25, -0.2) is 4.39 Å². The molecule has 0 radical (unpaired) electrons. The average molecular weight is 514 g/mol. The van der Waals surface area contributed by atoms with Crippen LogP contribution in [-0.4, -0.2) is 67.1 Å². The molecule has 1 saturated carbocycles. The summed E-state index contributed by atoms with van der Waals surface area (Å²) in [6, 6.07) is 10.0. The first-order valence-corrected chi connectivity index (χ1v) is 12.5. The number of rotatable bonds is 7. The van der Waals surface area contributed by atoms with Crippen LogP contribution in [0.4, 0.5) is 10.1 Å². The number of fused-ring (bicyclic) bond motifs is 2. The van der Waals surface area contributed by atoms with Crippen molar-refractivity contribution in [3.63, 3.8) is 0 Å². The van der Waals surface area contributed by atoms with E-state index in [1.807, 2.05) is 4.90 Å². The molecule has 3 fully saturated rings. The average Bonchev–Trinajstić information content (AvgIpc) is 3.70. The summed E-state index contributed by atoms with van der Waals surface area (Å²) in [5.74, 6) is 0.105. The number of carbonyl (C=O) groups excluding carboxylic acids is 2. The lowest BCUT2D eigenvalue weighted by Gasteiger charge is -2.49. The van der Waals surface area contributed by atoms with Crippen LogP contribution in [0.5, 0.6) is 5.75 Å². The quantitative estimate of drug-likeness (QED) is 0.567. The minimum Gasteiger partial charge on any atom is -0.495 e. The number of carbonyl (C=O) groups is 2. The zero-order valence-corrected chi connectivity index (χ0v) is 20.8. The van der Waals surface area contributed by atoms with Gasteiger partial charge in [0.25, 0.3) is 0 Å². The van der Waals surface area contributed by atoms with Gasteiger partial charge in [-0.05, 0) is 48.7 Å². The highest BCUT2D eigenvalue weighted by atomic mass is 35.5. The maximum absolute atomic E-state index is 13.3. The number of methoxy groups -OCH3 is 1. The van der Waals surface area contributed by atoms with Gasteiger partial charge >= 0.3 is 0 Å². The number of nitrogens with zero attached hydrogens (tertiary/aromatic N) is 2. The molecule has 2 saturated heterocycles. The van der Waals surface area contributed by atoms with Crippen LogP contribution >= 0.6 is 11.6 Å². The Labute approximate surface area is 214 Å². The van der Waals surface area contributed by atoms with Crippen LogP contribution in [0.2, 0.25) is 5.02 Å². The number of hydrogen-bond acceptors (Lipinski definition) is 5. The Morgan fingerprint density at radius 3 is 2.50 bits per heavy atom. The van der Waals surface area contributed by atoms with Crippen molar-refractivity contribution in [3.8, 4) is 5.75 Å². The molecule has 7 nitrogen and oxygen atoms in total. The van der Waals surface area contributed by atoms with Crippen molar-refractivity contribution in [2.24, 2.45) is 5.92 Å². The van der Waals surface area contributed by atoms with Crippen LogP contribution in [0.15, 0.2) is 42.5 Å². The van der Waals surface area contributed by atoms with E-state index >= 15 is 0 Å². The highest BCUT2D eigenvalue weighted by molar-refractivity contribution is 6.32. The number of halogens is 2. The minimum atomic E-state index is -0.252. The number of amides is 2. The lowest BCUT2D eigenvalue weighted by atomic mass is 10.0. The summed E-state index contributed by atoms with van der Waals surface area (Å²) < 4.78 is 24.4. The van der Waals surface area contributed by atoms with Crippen LogP contribution < -0.4 is 10.1 Å². The van der Waals surface area contributed by atoms with Crippen molar-refractivity contribution >= 4 is 35.2 Å². The molecule has 2 aliphatic heterocycles. The molecule has 0 spiro atoms. The zero-order chi connectivity index (χ0) is 25.2. The lowest BCUT2D eigenvalue weighted by Crippen LogP contribution is -2.64. The number of morpholine rings is 1. The van der Waals surface area contributed by atoms with Crippen LogP contribution in [0.1, 0.15) is 24.0 Å². The molecule has 36 heavy (non-hydrogen) atoms. The Balaban J connectivity index is 1.29. The van der Waals surface area contributed by atoms with Gasteiger partial charge in [0.1, 0.15) is 11.6 Å². The normalized spacial score (nSPS) is 22.0. The molecule has 2 amide bonds. The maximum Gasteiger partial charge on any atom is 0.246 e. The number of hydrogen-bond donors (Lipinski definition) is 1. The van der Waals surface area contributed by atoms with E-state index in [1.165, 1.54) is 25.3 Å². The molecule has 9 heteroatoms. The van der Waals surface area contributed by atoms with Crippen LogP contribution in [0.3, 0.4) is 0 Å². The summed E-state index contributed by atoms with van der Waals surface area (Å²) in [6.45, 7) is 2.84. The summed E-state index contributed by atoms with van der Waals surface area (Å²) >= 11 is 6.29. The molecule has 1 N–H and O–H groups in total. The van der Waals surface area contributed by atoms with Crippen LogP contribution in [0, 0.1) is 11.7 Å². The van der Waals surface area contributed by atoms with E-state index < -0.39 is 0 Å². The molecular weight excluding hydrogens is 485 g/mol. The van der Waals surface area contributed by atoms with Gasteiger partial charge in [-0.1, -0.05) is 23.7 Å². The number of piperazine rings is 1. The third-order valence-electron chi connectivity index (χ3n) is 6.95. The maximum atomic E-state index is 13.3. The van der Waals surface area contributed by atoms with Gasteiger partial charge in [0.2, 0.25) is 11.8 Å². The SMILES string of the molecule is COc1cc(/C=C/C(=O)N2CC3COCC(C2)N3Cc2ccc(F)cc2)c(NC(=O)C2CC2)cc1Cl.